The molecule has 1 aliphatic carbocycles. The lowest BCUT2D eigenvalue weighted by Crippen LogP contribution is -2.36. The van der Waals surface area contributed by atoms with E-state index in [4.69, 9.17) is 9.84 Å². The Morgan fingerprint density at radius 3 is 2.75 bits per heavy atom. The number of carboxylic acids is 1. The van der Waals surface area contributed by atoms with Crippen LogP contribution in [0.3, 0.4) is 0 Å². The molecule has 4 nitrogen and oxygen atoms in total. The lowest BCUT2D eigenvalue weighted by atomic mass is 9.84. The standard InChI is InChI=1S/C12H14O4/c1-12(8-5-3-2-4-6-8)10(13)7-9(16-12)11(14)15/h5,7H,2-4,6H2,1H3,(H,14,15). The summed E-state index contributed by atoms with van der Waals surface area (Å²) in [5, 5.41) is 8.80. The van der Waals surface area contributed by atoms with E-state index in [-0.39, 0.29) is 11.5 Å². The molecule has 0 aromatic rings. The second kappa shape index (κ2) is 3.77. The van der Waals surface area contributed by atoms with Crippen molar-refractivity contribution in [3.05, 3.63) is 23.5 Å². The average molecular weight is 222 g/mol. The molecule has 0 bridgehead atoms. The number of carboxylic acid groups (broad SMARTS) is 1. The number of hydrogen-bond donors (Lipinski definition) is 1. The molecule has 16 heavy (non-hydrogen) atoms. The highest BCUT2D eigenvalue weighted by Crippen LogP contribution is 2.36. The fourth-order valence-electron chi connectivity index (χ4n) is 2.16. The van der Waals surface area contributed by atoms with Gasteiger partial charge in [-0.25, -0.2) is 4.79 Å². The molecule has 0 spiro atoms. The third-order valence-corrected chi connectivity index (χ3v) is 3.16. The summed E-state index contributed by atoms with van der Waals surface area (Å²) in [5.74, 6) is -1.70. The maximum absolute atomic E-state index is 11.8. The lowest BCUT2D eigenvalue weighted by Gasteiger charge is -2.28. The highest BCUT2D eigenvalue weighted by molar-refractivity contribution is 6.07. The molecule has 0 aromatic heterocycles. The van der Waals surface area contributed by atoms with Gasteiger partial charge in [-0.05, 0) is 38.2 Å². The van der Waals surface area contributed by atoms with Crippen molar-refractivity contribution in [2.45, 2.75) is 38.2 Å². The monoisotopic (exact) mass is 222 g/mol. The van der Waals surface area contributed by atoms with Gasteiger partial charge in [-0.2, -0.15) is 0 Å². The molecule has 0 saturated carbocycles. The van der Waals surface area contributed by atoms with Crippen molar-refractivity contribution < 1.29 is 19.4 Å². The molecular formula is C12H14O4. The second-order valence-corrected chi connectivity index (χ2v) is 4.29. The highest BCUT2D eigenvalue weighted by Gasteiger charge is 2.45. The molecular weight excluding hydrogens is 208 g/mol. The average Bonchev–Trinajstić information content (AvgIpc) is 2.58. The molecule has 0 aromatic carbocycles. The molecule has 1 heterocycles. The summed E-state index contributed by atoms with van der Waals surface area (Å²) >= 11 is 0. The molecule has 0 radical (unpaired) electrons. The van der Waals surface area contributed by atoms with Crippen molar-refractivity contribution in [2.75, 3.05) is 0 Å². The minimum atomic E-state index is -1.19. The second-order valence-electron chi connectivity index (χ2n) is 4.29. The van der Waals surface area contributed by atoms with Crippen LogP contribution in [0.15, 0.2) is 23.5 Å². The van der Waals surface area contributed by atoms with Crippen LogP contribution in [-0.4, -0.2) is 22.5 Å². The fraction of sp³-hybridized carbons (Fsp3) is 0.500. The first kappa shape index (κ1) is 10.9. The molecule has 1 unspecified atom stereocenters. The van der Waals surface area contributed by atoms with Gasteiger partial charge in [-0.1, -0.05) is 6.08 Å². The molecule has 86 valence electrons. The van der Waals surface area contributed by atoms with Crippen molar-refractivity contribution in [3.63, 3.8) is 0 Å². The van der Waals surface area contributed by atoms with Crippen LogP contribution in [0.2, 0.25) is 0 Å². The molecule has 2 aliphatic rings. The summed E-state index contributed by atoms with van der Waals surface area (Å²) in [4.78, 5) is 22.6. The molecule has 0 saturated heterocycles. The van der Waals surface area contributed by atoms with Gasteiger partial charge in [0.15, 0.2) is 5.60 Å². The quantitative estimate of drug-likeness (QED) is 0.724. The molecule has 4 heteroatoms. The van der Waals surface area contributed by atoms with Gasteiger partial charge in [-0.15, -0.1) is 0 Å². The van der Waals surface area contributed by atoms with Crippen molar-refractivity contribution in [1.29, 1.82) is 0 Å². The Hall–Kier alpha value is -1.58. The van der Waals surface area contributed by atoms with Crippen LogP contribution >= 0.6 is 0 Å². The summed E-state index contributed by atoms with van der Waals surface area (Å²) in [6, 6.07) is 0. The van der Waals surface area contributed by atoms with Crippen LogP contribution in [0.4, 0.5) is 0 Å². The number of rotatable bonds is 2. The van der Waals surface area contributed by atoms with Gasteiger partial charge >= 0.3 is 5.97 Å². The Balaban J connectivity index is 2.25. The normalized spacial score (nSPS) is 29.4. The van der Waals surface area contributed by atoms with Crippen LogP contribution in [0.1, 0.15) is 32.6 Å². The molecule has 0 amide bonds. The van der Waals surface area contributed by atoms with Gasteiger partial charge in [0.2, 0.25) is 11.5 Å². The fourth-order valence-corrected chi connectivity index (χ4v) is 2.16. The zero-order chi connectivity index (χ0) is 11.8. The number of carbonyl (C=O) groups excluding carboxylic acids is 1. The molecule has 2 rings (SSSR count). The van der Waals surface area contributed by atoms with E-state index in [1.807, 2.05) is 6.08 Å². The summed E-state index contributed by atoms with van der Waals surface area (Å²) in [5.41, 5.74) is -0.162. The molecule has 1 aliphatic heterocycles. The summed E-state index contributed by atoms with van der Waals surface area (Å²) in [6.45, 7) is 1.65. The number of aliphatic carboxylic acids is 1. The maximum atomic E-state index is 11.8. The van der Waals surface area contributed by atoms with Gasteiger partial charge < -0.3 is 9.84 Å². The van der Waals surface area contributed by atoms with Crippen molar-refractivity contribution >= 4 is 11.8 Å². The van der Waals surface area contributed by atoms with Gasteiger partial charge in [0.25, 0.3) is 0 Å². The van der Waals surface area contributed by atoms with Gasteiger partial charge in [0.1, 0.15) is 0 Å². The number of ketones is 1. The Bertz CT molecular complexity index is 405. The summed E-state index contributed by atoms with van der Waals surface area (Å²) in [7, 11) is 0. The first-order chi connectivity index (χ1) is 7.54. The summed E-state index contributed by atoms with van der Waals surface area (Å²) < 4.78 is 5.31. The van der Waals surface area contributed by atoms with E-state index in [2.05, 4.69) is 0 Å². The van der Waals surface area contributed by atoms with Gasteiger partial charge in [-0.3, -0.25) is 4.79 Å². The molecule has 0 fully saturated rings. The largest absolute Gasteiger partial charge is 0.475 e. The number of ether oxygens (including phenoxy) is 1. The third-order valence-electron chi connectivity index (χ3n) is 3.16. The number of hydrogen-bond acceptors (Lipinski definition) is 3. The molecule has 1 atom stereocenters. The Morgan fingerprint density at radius 1 is 1.50 bits per heavy atom. The van der Waals surface area contributed by atoms with Crippen LogP contribution in [0.5, 0.6) is 0 Å². The van der Waals surface area contributed by atoms with E-state index >= 15 is 0 Å². The minimum Gasteiger partial charge on any atom is -0.475 e. The highest BCUT2D eigenvalue weighted by atomic mass is 16.5. The smallest absolute Gasteiger partial charge is 0.371 e. The third kappa shape index (κ3) is 1.64. The molecule has 1 N–H and O–H groups in total. The van der Waals surface area contributed by atoms with E-state index in [0.717, 1.165) is 37.3 Å². The predicted molar refractivity (Wildman–Crippen MR) is 56.8 cm³/mol. The van der Waals surface area contributed by atoms with E-state index < -0.39 is 11.6 Å². The number of allylic oxidation sites excluding steroid dienone is 1. The topological polar surface area (TPSA) is 63.6 Å². The van der Waals surface area contributed by atoms with Crippen molar-refractivity contribution in [1.82, 2.24) is 0 Å². The van der Waals surface area contributed by atoms with Crippen LogP contribution in [0, 0.1) is 0 Å². The Labute approximate surface area is 93.6 Å². The van der Waals surface area contributed by atoms with Crippen LogP contribution in [-0.2, 0) is 14.3 Å². The van der Waals surface area contributed by atoms with Gasteiger partial charge in [0, 0.05) is 6.08 Å². The Kier molecular flexibility index (Phi) is 2.58. The zero-order valence-corrected chi connectivity index (χ0v) is 9.16. The van der Waals surface area contributed by atoms with Gasteiger partial charge in [0.05, 0.1) is 0 Å². The predicted octanol–water partition coefficient (Wildman–Crippen LogP) is 1.81. The minimum absolute atomic E-state index is 0.251. The van der Waals surface area contributed by atoms with Crippen LogP contribution in [0.25, 0.3) is 0 Å². The van der Waals surface area contributed by atoms with Crippen LogP contribution < -0.4 is 0 Å². The SMILES string of the molecule is CC1(C2=CCCCC2)OC(C(=O)O)=CC1=O. The Morgan fingerprint density at radius 2 is 2.25 bits per heavy atom. The number of carbonyl (C=O) groups is 2. The van der Waals surface area contributed by atoms with Crippen molar-refractivity contribution in [2.24, 2.45) is 0 Å². The first-order valence-electron chi connectivity index (χ1n) is 5.42. The van der Waals surface area contributed by atoms with E-state index in [1.165, 1.54) is 0 Å². The first-order valence-corrected chi connectivity index (χ1v) is 5.42. The van der Waals surface area contributed by atoms with Crippen molar-refractivity contribution in [3.8, 4) is 0 Å². The zero-order valence-electron chi connectivity index (χ0n) is 9.16. The van der Waals surface area contributed by atoms with E-state index in [0.29, 0.717) is 0 Å². The maximum Gasteiger partial charge on any atom is 0.371 e. The van der Waals surface area contributed by atoms with E-state index in [1.54, 1.807) is 6.92 Å². The van der Waals surface area contributed by atoms with E-state index in [9.17, 15) is 9.59 Å². The summed E-state index contributed by atoms with van der Waals surface area (Å²) in [6.07, 6.45) is 6.97. The lowest BCUT2D eigenvalue weighted by molar-refractivity contribution is -0.139.